The molecule has 1 aromatic heterocycles. The summed E-state index contributed by atoms with van der Waals surface area (Å²) in [7, 11) is 0. The second-order valence-corrected chi connectivity index (χ2v) is 5.72. The molecule has 1 N–H and O–H groups in total. The van der Waals surface area contributed by atoms with Crippen LogP contribution in [0.4, 0.5) is 10.8 Å². The lowest BCUT2D eigenvalue weighted by Crippen LogP contribution is -2.15. The number of carbonyl (C=O) groups is 1. The molecule has 1 aromatic carbocycles. The molecule has 5 heteroatoms. The lowest BCUT2D eigenvalue weighted by Gasteiger charge is -2.20. The van der Waals surface area contributed by atoms with Crippen LogP contribution in [0.1, 0.15) is 23.1 Å². The second kappa shape index (κ2) is 6.05. The molecular formula is C15H18N2O2S. The molecule has 0 spiro atoms. The van der Waals surface area contributed by atoms with E-state index in [0.29, 0.717) is 0 Å². The van der Waals surface area contributed by atoms with Gasteiger partial charge in [0.05, 0.1) is 12.1 Å². The van der Waals surface area contributed by atoms with Crippen molar-refractivity contribution in [1.82, 2.24) is 4.98 Å². The van der Waals surface area contributed by atoms with Crippen molar-refractivity contribution in [2.45, 2.75) is 27.2 Å². The van der Waals surface area contributed by atoms with Crippen molar-refractivity contribution >= 4 is 28.1 Å². The van der Waals surface area contributed by atoms with E-state index >= 15 is 0 Å². The maximum atomic E-state index is 10.8. The topological polar surface area (TPSA) is 53.4 Å². The summed E-state index contributed by atoms with van der Waals surface area (Å²) in [6.07, 6.45) is 0.0366. The predicted octanol–water partition coefficient (Wildman–Crippen LogP) is 3.55. The van der Waals surface area contributed by atoms with Gasteiger partial charge in [-0.25, -0.2) is 4.98 Å². The van der Waals surface area contributed by atoms with Crippen molar-refractivity contribution in [3.8, 4) is 0 Å². The number of rotatable bonds is 5. The Bertz CT molecular complexity index is 622. The lowest BCUT2D eigenvalue weighted by atomic mass is 10.2. The number of hydrogen-bond donors (Lipinski definition) is 1. The quantitative estimate of drug-likeness (QED) is 0.915. The van der Waals surface area contributed by atoms with Crippen molar-refractivity contribution in [3.63, 3.8) is 0 Å². The van der Waals surface area contributed by atoms with E-state index in [4.69, 9.17) is 5.11 Å². The molecule has 2 aromatic rings. The Balaban J connectivity index is 2.35. The van der Waals surface area contributed by atoms with Gasteiger partial charge in [0, 0.05) is 17.1 Å². The fourth-order valence-corrected chi connectivity index (χ4v) is 3.19. The van der Waals surface area contributed by atoms with E-state index in [-0.39, 0.29) is 6.42 Å². The Morgan fingerprint density at radius 1 is 1.40 bits per heavy atom. The lowest BCUT2D eigenvalue weighted by molar-refractivity contribution is -0.136. The van der Waals surface area contributed by atoms with Gasteiger partial charge in [-0.3, -0.25) is 4.79 Å². The summed E-state index contributed by atoms with van der Waals surface area (Å²) in [5.41, 5.74) is 3.08. The number of aromatic nitrogens is 1. The van der Waals surface area contributed by atoms with Gasteiger partial charge in [-0.15, -0.1) is 11.3 Å². The summed E-state index contributed by atoms with van der Waals surface area (Å²) in [4.78, 5) is 18.3. The minimum absolute atomic E-state index is 0.0366. The first kappa shape index (κ1) is 14.5. The highest BCUT2D eigenvalue weighted by Crippen LogP contribution is 2.32. The monoisotopic (exact) mass is 290 g/mol. The molecule has 0 saturated heterocycles. The van der Waals surface area contributed by atoms with E-state index in [9.17, 15) is 4.79 Å². The van der Waals surface area contributed by atoms with E-state index < -0.39 is 5.97 Å². The standard InChI is InChI=1S/C15H18N2O2S/c1-4-17(12-7-5-6-10(2)8-12)15-16-11(3)13(20-15)9-14(18)19/h5-8H,4,9H2,1-3H3,(H,18,19). The van der Waals surface area contributed by atoms with Crippen LogP contribution in [-0.4, -0.2) is 22.6 Å². The third kappa shape index (κ3) is 3.17. The van der Waals surface area contributed by atoms with Crippen molar-refractivity contribution in [3.05, 3.63) is 40.4 Å². The van der Waals surface area contributed by atoms with Gasteiger partial charge in [-0.05, 0) is 38.5 Å². The van der Waals surface area contributed by atoms with Crippen molar-refractivity contribution in [2.24, 2.45) is 0 Å². The first-order valence-corrected chi connectivity index (χ1v) is 7.35. The number of aliphatic carboxylic acids is 1. The SMILES string of the molecule is CCN(c1cccc(C)c1)c1nc(C)c(CC(=O)O)s1. The molecule has 0 amide bonds. The molecule has 0 fully saturated rings. The summed E-state index contributed by atoms with van der Waals surface area (Å²) in [5.74, 6) is -0.818. The summed E-state index contributed by atoms with van der Waals surface area (Å²) >= 11 is 1.46. The number of hydrogen-bond acceptors (Lipinski definition) is 4. The first-order valence-electron chi connectivity index (χ1n) is 6.53. The van der Waals surface area contributed by atoms with Crippen LogP contribution >= 0.6 is 11.3 Å². The molecule has 0 bridgehead atoms. The third-order valence-electron chi connectivity index (χ3n) is 3.05. The van der Waals surface area contributed by atoms with Crippen LogP contribution in [0, 0.1) is 13.8 Å². The number of aryl methyl sites for hydroxylation is 2. The fraction of sp³-hybridized carbons (Fsp3) is 0.333. The molecule has 0 atom stereocenters. The average molecular weight is 290 g/mol. The highest BCUT2D eigenvalue weighted by molar-refractivity contribution is 7.15. The second-order valence-electron chi connectivity index (χ2n) is 4.66. The fourth-order valence-electron chi connectivity index (χ4n) is 2.05. The number of anilines is 2. The summed E-state index contributed by atoms with van der Waals surface area (Å²) in [6, 6.07) is 8.23. The van der Waals surface area contributed by atoms with E-state index in [1.54, 1.807) is 0 Å². The molecule has 0 unspecified atom stereocenters. The average Bonchev–Trinajstić information content (AvgIpc) is 2.71. The van der Waals surface area contributed by atoms with Crippen LogP contribution in [0.15, 0.2) is 24.3 Å². The molecular weight excluding hydrogens is 272 g/mol. The molecule has 0 aliphatic rings. The Hall–Kier alpha value is -1.88. The maximum Gasteiger partial charge on any atom is 0.308 e. The van der Waals surface area contributed by atoms with Crippen LogP contribution in [0.25, 0.3) is 0 Å². The Morgan fingerprint density at radius 2 is 2.15 bits per heavy atom. The molecule has 1 heterocycles. The van der Waals surface area contributed by atoms with Gasteiger partial charge in [-0.2, -0.15) is 0 Å². The van der Waals surface area contributed by atoms with E-state index in [2.05, 4.69) is 35.9 Å². The molecule has 2 rings (SSSR count). The minimum Gasteiger partial charge on any atom is -0.481 e. The summed E-state index contributed by atoms with van der Waals surface area (Å²) in [5, 5.41) is 9.77. The van der Waals surface area contributed by atoms with E-state index in [1.165, 1.54) is 16.9 Å². The number of carboxylic acids is 1. The van der Waals surface area contributed by atoms with E-state index in [0.717, 1.165) is 27.9 Å². The van der Waals surface area contributed by atoms with Crippen LogP contribution < -0.4 is 4.90 Å². The molecule has 0 aliphatic heterocycles. The molecule has 106 valence electrons. The van der Waals surface area contributed by atoms with Crippen LogP contribution in [0.3, 0.4) is 0 Å². The van der Waals surface area contributed by atoms with Gasteiger partial charge in [0.1, 0.15) is 0 Å². The zero-order valence-corrected chi connectivity index (χ0v) is 12.7. The van der Waals surface area contributed by atoms with Crippen molar-refractivity contribution < 1.29 is 9.90 Å². The Labute approximate surface area is 122 Å². The summed E-state index contributed by atoms with van der Waals surface area (Å²) in [6.45, 7) is 6.78. The van der Waals surface area contributed by atoms with Gasteiger partial charge in [0.25, 0.3) is 0 Å². The van der Waals surface area contributed by atoms with Crippen molar-refractivity contribution in [1.29, 1.82) is 0 Å². The molecule has 20 heavy (non-hydrogen) atoms. The predicted molar refractivity (Wildman–Crippen MR) is 82.0 cm³/mol. The molecule has 0 saturated carbocycles. The van der Waals surface area contributed by atoms with Gasteiger partial charge >= 0.3 is 5.97 Å². The molecule has 4 nitrogen and oxygen atoms in total. The minimum atomic E-state index is -0.818. The highest BCUT2D eigenvalue weighted by Gasteiger charge is 2.16. The summed E-state index contributed by atoms with van der Waals surface area (Å²) < 4.78 is 0. The third-order valence-corrected chi connectivity index (χ3v) is 4.23. The number of carboxylic acid groups (broad SMARTS) is 1. The van der Waals surface area contributed by atoms with E-state index in [1.807, 2.05) is 19.1 Å². The maximum absolute atomic E-state index is 10.8. The smallest absolute Gasteiger partial charge is 0.308 e. The zero-order valence-electron chi connectivity index (χ0n) is 11.9. The van der Waals surface area contributed by atoms with Gasteiger partial charge in [0.15, 0.2) is 5.13 Å². The number of benzene rings is 1. The highest BCUT2D eigenvalue weighted by atomic mass is 32.1. The Morgan fingerprint density at radius 3 is 2.75 bits per heavy atom. The van der Waals surface area contributed by atoms with Gasteiger partial charge < -0.3 is 10.0 Å². The van der Waals surface area contributed by atoms with Crippen LogP contribution in [-0.2, 0) is 11.2 Å². The largest absolute Gasteiger partial charge is 0.481 e. The number of thiazole rings is 1. The van der Waals surface area contributed by atoms with Crippen molar-refractivity contribution in [2.75, 3.05) is 11.4 Å². The number of nitrogens with zero attached hydrogens (tertiary/aromatic N) is 2. The normalized spacial score (nSPS) is 10.6. The molecule has 0 aliphatic carbocycles. The Kier molecular flexibility index (Phi) is 4.39. The molecule has 0 radical (unpaired) electrons. The van der Waals surface area contributed by atoms with Gasteiger partial charge in [-0.1, -0.05) is 12.1 Å². The first-order chi connectivity index (χ1) is 9.51. The van der Waals surface area contributed by atoms with Crippen LogP contribution in [0.5, 0.6) is 0 Å². The van der Waals surface area contributed by atoms with Gasteiger partial charge in [0.2, 0.25) is 0 Å². The zero-order chi connectivity index (χ0) is 14.7. The van der Waals surface area contributed by atoms with Crippen LogP contribution in [0.2, 0.25) is 0 Å².